The van der Waals surface area contributed by atoms with Crippen LogP contribution in [0.1, 0.15) is 57.4 Å². The molecule has 1 unspecified atom stereocenters. The van der Waals surface area contributed by atoms with Gasteiger partial charge in [0.15, 0.2) is 0 Å². The SMILES string of the molecule is CCCC1CC(=O)N(CCCCCC(=O)NCC(=O)NCC(=O)N[C@@H](Cc2ccccc2)C(=O)NCC(N)=O)C1=O. The van der Waals surface area contributed by atoms with Gasteiger partial charge in [-0.2, -0.15) is 0 Å². The van der Waals surface area contributed by atoms with Crippen molar-refractivity contribution in [2.75, 3.05) is 26.2 Å². The van der Waals surface area contributed by atoms with Crippen LogP contribution in [0.5, 0.6) is 0 Å². The van der Waals surface area contributed by atoms with Gasteiger partial charge in [0.2, 0.25) is 41.4 Å². The standard InChI is InChI=1S/C28H40N6O7/c1-2-9-20-15-26(39)34(28(20)41)13-8-4-7-12-23(36)30-17-24(37)31-18-25(38)33-21(27(40)32-16-22(29)35)14-19-10-5-3-6-11-19/h3,5-6,10-11,20-21H,2,4,7-9,12-18H2,1H3,(H2,29,35)(H,30,36)(H,31,37)(H,32,40)(H,33,38)/t20?,21-/m0/s1. The van der Waals surface area contributed by atoms with Gasteiger partial charge in [-0.15, -0.1) is 0 Å². The summed E-state index contributed by atoms with van der Waals surface area (Å²) in [4.78, 5) is 85.6. The number of nitrogens with two attached hydrogens (primary N) is 1. The minimum absolute atomic E-state index is 0.104. The second kappa shape index (κ2) is 17.4. The second-order valence-electron chi connectivity index (χ2n) is 9.93. The molecule has 6 N–H and O–H groups in total. The lowest BCUT2D eigenvalue weighted by molar-refractivity contribution is -0.139. The summed E-state index contributed by atoms with van der Waals surface area (Å²) in [5.74, 6) is -3.33. The van der Waals surface area contributed by atoms with E-state index >= 15 is 0 Å². The fourth-order valence-electron chi connectivity index (χ4n) is 4.40. The molecule has 1 aromatic carbocycles. The summed E-state index contributed by atoms with van der Waals surface area (Å²) in [6, 6.07) is 7.94. The summed E-state index contributed by atoms with van der Waals surface area (Å²) in [5.41, 5.74) is 5.84. The molecule has 2 rings (SSSR count). The van der Waals surface area contributed by atoms with Crippen LogP contribution in [0.2, 0.25) is 0 Å². The van der Waals surface area contributed by atoms with Crippen molar-refractivity contribution in [1.29, 1.82) is 0 Å². The number of hydrogen-bond donors (Lipinski definition) is 5. The molecule has 0 radical (unpaired) electrons. The number of primary amides is 1. The number of nitrogens with one attached hydrogen (secondary N) is 4. The first kappa shape index (κ1) is 32.9. The summed E-state index contributed by atoms with van der Waals surface area (Å²) < 4.78 is 0. The van der Waals surface area contributed by atoms with Gasteiger partial charge in [0.25, 0.3) is 0 Å². The largest absolute Gasteiger partial charge is 0.368 e. The van der Waals surface area contributed by atoms with Gasteiger partial charge in [0.05, 0.1) is 19.6 Å². The van der Waals surface area contributed by atoms with Gasteiger partial charge in [-0.25, -0.2) is 0 Å². The highest BCUT2D eigenvalue weighted by Crippen LogP contribution is 2.24. The van der Waals surface area contributed by atoms with Crippen molar-refractivity contribution in [3.05, 3.63) is 35.9 Å². The molecule has 1 fully saturated rings. The molecule has 0 aliphatic carbocycles. The number of unbranched alkanes of at least 4 members (excludes halogenated alkanes) is 2. The molecule has 7 amide bonds. The third-order valence-corrected chi connectivity index (χ3v) is 6.52. The van der Waals surface area contributed by atoms with E-state index in [4.69, 9.17) is 5.73 Å². The highest BCUT2D eigenvalue weighted by atomic mass is 16.2. The van der Waals surface area contributed by atoms with Crippen molar-refractivity contribution >= 4 is 41.4 Å². The van der Waals surface area contributed by atoms with E-state index in [-0.39, 0.29) is 56.0 Å². The van der Waals surface area contributed by atoms with Crippen LogP contribution in [-0.4, -0.2) is 78.5 Å². The van der Waals surface area contributed by atoms with Crippen molar-refractivity contribution in [1.82, 2.24) is 26.2 Å². The van der Waals surface area contributed by atoms with Gasteiger partial charge in [-0.05, 0) is 24.8 Å². The number of likely N-dealkylation sites (tertiary alicyclic amines) is 1. The van der Waals surface area contributed by atoms with Gasteiger partial charge in [0.1, 0.15) is 6.04 Å². The average molecular weight is 573 g/mol. The molecule has 13 heteroatoms. The lowest BCUT2D eigenvalue weighted by atomic mass is 10.0. The Balaban J connectivity index is 1.65. The fraction of sp³-hybridized carbons (Fsp3) is 0.536. The minimum atomic E-state index is -1.000. The van der Waals surface area contributed by atoms with Crippen LogP contribution in [0.4, 0.5) is 0 Å². The molecule has 0 saturated carbocycles. The van der Waals surface area contributed by atoms with Crippen LogP contribution in [0.15, 0.2) is 30.3 Å². The maximum Gasteiger partial charge on any atom is 0.243 e. The van der Waals surface area contributed by atoms with E-state index in [0.717, 1.165) is 12.0 Å². The van der Waals surface area contributed by atoms with E-state index in [2.05, 4.69) is 21.3 Å². The van der Waals surface area contributed by atoms with E-state index in [1.54, 1.807) is 24.3 Å². The molecule has 1 aliphatic rings. The highest BCUT2D eigenvalue weighted by Gasteiger charge is 2.37. The number of nitrogens with zero attached hydrogens (tertiary/aromatic N) is 1. The van der Waals surface area contributed by atoms with Crippen molar-refractivity contribution in [2.24, 2.45) is 11.7 Å². The van der Waals surface area contributed by atoms with Gasteiger partial charge < -0.3 is 27.0 Å². The Morgan fingerprint density at radius 2 is 1.59 bits per heavy atom. The predicted molar refractivity (Wildman–Crippen MR) is 149 cm³/mol. The predicted octanol–water partition coefficient (Wildman–Crippen LogP) is -0.717. The molecule has 1 aromatic rings. The average Bonchev–Trinajstić information content (AvgIpc) is 3.21. The van der Waals surface area contributed by atoms with Crippen molar-refractivity contribution in [3.63, 3.8) is 0 Å². The van der Waals surface area contributed by atoms with Crippen molar-refractivity contribution in [3.8, 4) is 0 Å². The number of benzene rings is 1. The normalized spacial score (nSPS) is 15.2. The van der Waals surface area contributed by atoms with Crippen LogP contribution in [0.25, 0.3) is 0 Å². The van der Waals surface area contributed by atoms with Crippen LogP contribution >= 0.6 is 0 Å². The van der Waals surface area contributed by atoms with Crippen LogP contribution in [0, 0.1) is 5.92 Å². The van der Waals surface area contributed by atoms with E-state index in [9.17, 15) is 33.6 Å². The first-order chi connectivity index (χ1) is 19.6. The molecule has 41 heavy (non-hydrogen) atoms. The smallest absolute Gasteiger partial charge is 0.243 e. The Hall–Kier alpha value is -4.29. The van der Waals surface area contributed by atoms with E-state index in [1.807, 2.05) is 13.0 Å². The van der Waals surface area contributed by atoms with E-state index in [0.29, 0.717) is 32.2 Å². The fourth-order valence-corrected chi connectivity index (χ4v) is 4.40. The Labute approximate surface area is 239 Å². The minimum Gasteiger partial charge on any atom is -0.368 e. The Morgan fingerprint density at radius 1 is 0.902 bits per heavy atom. The molecule has 2 atom stereocenters. The third kappa shape index (κ3) is 12.2. The Bertz CT molecular complexity index is 1090. The van der Waals surface area contributed by atoms with Gasteiger partial charge in [-0.1, -0.05) is 50.1 Å². The lowest BCUT2D eigenvalue weighted by Crippen LogP contribution is -2.52. The summed E-state index contributed by atoms with van der Waals surface area (Å²) in [6.07, 6.45) is 3.96. The van der Waals surface area contributed by atoms with Gasteiger partial charge in [-0.3, -0.25) is 38.5 Å². The molecule has 13 nitrogen and oxygen atoms in total. The second-order valence-corrected chi connectivity index (χ2v) is 9.93. The zero-order valence-corrected chi connectivity index (χ0v) is 23.4. The summed E-state index contributed by atoms with van der Waals surface area (Å²) >= 11 is 0. The Kier molecular flexibility index (Phi) is 14.0. The first-order valence-corrected chi connectivity index (χ1v) is 13.9. The highest BCUT2D eigenvalue weighted by molar-refractivity contribution is 6.03. The molecule has 0 bridgehead atoms. The number of hydrogen-bond acceptors (Lipinski definition) is 7. The summed E-state index contributed by atoms with van der Waals surface area (Å²) in [5, 5.41) is 9.76. The monoisotopic (exact) mass is 572 g/mol. The molecule has 1 saturated heterocycles. The van der Waals surface area contributed by atoms with Gasteiger partial charge >= 0.3 is 0 Å². The summed E-state index contributed by atoms with van der Waals surface area (Å²) in [7, 11) is 0. The van der Waals surface area contributed by atoms with Crippen LogP contribution < -0.4 is 27.0 Å². The lowest BCUT2D eigenvalue weighted by Gasteiger charge is -2.18. The van der Waals surface area contributed by atoms with Crippen LogP contribution in [-0.2, 0) is 40.0 Å². The quantitative estimate of drug-likeness (QED) is 0.113. The number of imide groups is 1. The maximum absolute atomic E-state index is 12.5. The van der Waals surface area contributed by atoms with E-state index in [1.165, 1.54) is 4.90 Å². The van der Waals surface area contributed by atoms with Crippen molar-refractivity contribution < 1.29 is 33.6 Å². The molecular formula is C28H40N6O7. The maximum atomic E-state index is 12.5. The van der Waals surface area contributed by atoms with Crippen molar-refractivity contribution in [2.45, 2.75) is 64.3 Å². The number of carbonyl (C=O) groups excluding carboxylic acids is 7. The topological polar surface area (TPSA) is 197 Å². The van der Waals surface area contributed by atoms with Crippen LogP contribution in [0.3, 0.4) is 0 Å². The third-order valence-electron chi connectivity index (χ3n) is 6.52. The number of rotatable bonds is 18. The number of carbonyl (C=O) groups is 7. The zero-order chi connectivity index (χ0) is 30.2. The summed E-state index contributed by atoms with van der Waals surface area (Å²) in [6.45, 7) is 1.20. The Morgan fingerprint density at radius 3 is 2.27 bits per heavy atom. The molecule has 1 aliphatic heterocycles. The molecule has 0 spiro atoms. The number of amides is 7. The molecule has 1 heterocycles. The zero-order valence-electron chi connectivity index (χ0n) is 23.4. The van der Waals surface area contributed by atoms with Gasteiger partial charge in [0, 0.05) is 31.7 Å². The molecule has 224 valence electrons. The molecular weight excluding hydrogens is 532 g/mol. The first-order valence-electron chi connectivity index (χ1n) is 13.9. The van der Waals surface area contributed by atoms with E-state index < -0.39 is 36.2 Å². The molecule has 0 aromatic heterocycles.